The molecular formula is C13H23NO. The second-order valence-electron chi connectivity index (χ2n) is 4.40. The maximum atomic E-state index is 8.83. The first kappa shape index (κ1) is 12.5. The lowest BCUT2D eigenvalue weighted by Gasteiger charge is -2.16. The fraction of sp³-hybridized carbons (Fsp3) is 0.692. The molecule has 0 radical (unpaired) electrons. The van der Waals surface area contributed by atoms with Crippen LogP contribution in [0.3, 0.4) is 0 Å². The Hall–Kier alpha value is -0.600. The standard InChI is InChI=1S/C13H23NO/c1-3-4-5-13(11-14-7-8-14)10-12(2)6-9-15/h3-4,13,15H,2,5-11H2,1H3/b4-3+. The van der Waals surface area contributed by atoms with Crippen LogP contribution >= 0.6 is 0 Å². The largest absolute Gasteiger partial charge is 0.396 e. The van der Waals surface area contributed by atoms with Gasteiger partial charge in [0.05, 0.1) is 0 Å². The number of hydrogen-bond acceptors (Lipinski definition) is 2. The lowest BCUT2D eigenvalue weighted by molar-refractivity contribution is 0.294. The SMILES string of the molecule is C=C(CCO)CC(C/C=C/C)CN1CC1. The molecule has 1 fully saturated rings. The van der Waals surface area contributed by atoms with Crippen LogP contribution < -0.4 is 0 Å². The molecule has 1 unspecified atom stereocenters. The third-order valence-corrected chi connectivity index (χ3v) is 2.80. The molecule has 1 rings (SSSR count). The molecule has 0 saturated carbocycles. The Kier molecular flexibility index (Phi) is 5.66. The first-order chi connectivity index (χ1) is 7.26. The maximum Gasteiger partial charge on any atom is 0.0468 e. The molecule has 0 aromatic rings. The van der Waals surface area contributed by atoms with Crippen molar-refractivity contribution in [3.8, 4) is 0 Å². The number of allylic oxidation sites excluding steroid dienone is 2. The Morgan fingerprint density at radius 3 is 2.80 bits per heavy atom. The Bertz CT molecular complexity index is 219. The molecule has 1 aliphatic heterocycles. The van der Waals surface area contributed by atoms with Crippen LogP contribution in [0.25, 0.3) is 0 Å². The Labute approximate surface area is 93.3 Å². The topological polar surface area (TPSA) is 23.2 Å². The number of nitrogens with zero attached hydrogens (tertiary/aromatic N) is 1. The van der Waals surface area contributed by atoms with E-state index >= 15 is 0 Å². The summed E-state index contributed by atoms with van der Waals surface area (Å²) >= 11 is 0. The quantitative estimate of drug-likeness (QED) is 0.489. The summed E-state index contributed by atoms with van der Waals surface area (Å²) in [5, 5.41) is 8.83. The molecule has 2 nitrogen and oxygen atoms in total. The van der Waals surface area contributed by atoms with Crippen molar-refractivity contribution >= 4 is 0 Å². The van der Waals surface area contributed by atoms with Gasteiger partial charge in [-0.25, -0.2) is 0 Å². The van der Waals surface area contributed by atoms with E-state index in [-0.39, 0.29) is 6.61 Å². The van der Waals surface area contributed by atoms with E-state index in [2.05, 4.69) is 30.6 Å². The molecule has 0 aromatic carbocycles. The minimum atomic E-state index is 0.235. The normalized spacial score (nSPS) is 18.3. The number of aliphatic hydroxyl groups is 1. The summed E-state index contributed by atoms with van der Waals surface area (Å²) in [6.07, 6.45) is 7.30. The van der Waals surface area contributed by atoms with Crippen molar-refractivity contribution in [2.24, 2.45) is 5.92 Å². The summed E-state index contributed by atoms with van der Waals surface area (Å²) in [6.45, 7) is 10.0. The molecule has 86 valence electrons. The second kappa shape index (κ2) is 6.81. The smallest absolute Gasteiger partial charge is 0.0468 e. The molecular weight excluding hydrogens is 186 g/mol. The highest BCUT2D eigenvalue weighted by Crippen LogP contribution is 2.21. The monoisotopic (exact) mass is 209 g/mol. The van der Waals surface area contributed by atoms with Crippen LogP contribution in [0.2, 0.25) is 0 Å². The van der Waals surface area contributed by atoms with E-state index in [0.717, 1.165) is 19.3 Å². The van der Waals surface area contributed by atoms with E-state index < -0.39 is 0 Å². The molecule has 2 heteroatoms. The van der Waals surface area contributed by atoms with Gasteiger partial charge in [0.25, 0.3) is 0 Å². The fourth-order valence-corrected chi connectivity index (χ4v) is 1.84. The van der Waals surface area contributed by atoms with E-state index in [0.29, 0.717) is 5.92 Å². The van der Waals surface area contributed by atoms with Crippen molar-refractivity contribution in [1.29, 1.82) is 0 Å². The van der Waals surface area contributed by atoms with Crippen LogP contribution in [0.1, 0.15) is 26.2 Å². The molecule has 0 amide bonds. The van der Waals surface area contributed by atoms with Gasteiger partial charge in [-0.3, -0.25) is 0 Å². The predicted molar refractivity (Wildman–Crippen MR) is 64.8 cm³/mol. The van der Waals surface area contributed by atoms with Crippen LogP contribution in [0.15, 0.2) is 24.3 Å². The van der Waals surface area contributed by atoms with E-state index in [4.69, 9.17) is 5.11 Å². The molecule has 1 atom stereocenters. The third kappa shape index (κ3) is 5.75. The minimum Gasteiger partial charge on any atom is -0.396 e. The van der Waals surface area contributed by atoms with Crippen LogP contribution in [0.5, 0.6) is 0 Å². The van der Waals surface area contributed by atoms with Gasteiger partial charge in [0.2, 0.25) is 0 Å². The van der Waals surface area contributed by atoms with Gasteiger partial charge >= 0.3 is 0 Å². The van der Waals surface area contributed by atoms with Crippen LogP contribution in [-0.4, -0.2) is 36.2 Å². The van der Waals surface area contributed by atoms with Crippen LogP contribution in [-0.2, 0) is 0 Å². The van der Waals surface area contributed by atoms with Crippen molar-refractivity contribution in [2.45, 2.75) is 26.2 Å². The summed E-state index contributed by atoms with van der Waals surface area (Å²) < 4.78 is 0. The first-order valence-electron chi connectivity index (χ1n) is 5.87. The Morgan fingerprint density at radius 2 is 2.27 bits per heavy atom. The minimum absolute atomic E-state index is 0.235. The van der Waals surface area contributed by atoms with E-state index in [1.807, 2.05) is 0 Å². The predicted octanol–water partition coefficient (Wildman–Crippen LogP) is 2.21. The van der Waals surface area contributed by atoms with Crippen molar-refractivity contribution in [3.63, 3.8) is 0 Å². The highest BCUT2D eigenvalue weighted by molar-refractivity contribution is 4.98. The third-order valence-electron chi connectivity index (χ3n) is 2.80. The lowest BCUT2D eigenvalue weighted by atomic mass is 9.95. The van der Waals surface area contributed by atoms with E-state index in [1.165, 1.54) is 25.2 Å². The van der Waals surface area contributed by atoms with E-state index in [1.54, 1.807) is 0 Å². The first-order valence-corrected chi connectivity index (χ1v) is 5.87. The molecule has 15 heavy (non-hydrogen) atoms. The van der Waals surface area contributed by atoms with E-state index in [9.17, 15) is 0 Å². The number of rotatable bonds is 8. The van der Waals surface area contributed by atoms with Crippen LogP contribution in [0, 0.1) is 5.92 Å². The molecule has 0 aromatic heterocycles. The maximum absolute atomic E-state index is 8.83. The van der Waals surface area contributed by atoms with Gasteiger partial charge < -0.3 is 10.0 Å². The van der Waals surface area contributed by atoms with Gasteiger partial charge in [-0.2, -0.15) is 0 Å². The number of hydrogen-bond donors (Lipinski definition) is 1. The molecule has 0 aliphatic carbocycles. The Morgan fingerprint density at radius 1 is 1.53 bits per heavy atom. The van der Waals surface area contributed by atoms with Gasteiger partial charge in [-0.15, -0.1) is 0 Å². The van der Waals surface area contributed by atoms with Crippen molar-refractivity contribution in [2.75, 3.05) is 26.2 Å². The summed E-state index contributed by atoms with van der Waals surface area (Å²) in [5.41, 5.74) is 1.19. The summed E-state index contributed by atoms with van der Waals surface area (Å²) in [5.74, 6) is 0.683. The van der Waals surface area contributed by atoms with Gasteiger partial charge in [0.1, 0.15) is 0 Å². The molecule has 1 heterocycles. The molecule has 1 N–H and O–H groups in total. The summed E-state index contributed by atoms with van der Waals surface area (Å²) in [4.78, 5) is 2.46. The highest BCUT2D eigenvalue weighted by atomic mass is 16.2. The number of aliphatic hydroxyl groups excluding tert-OH is 1. The van der Waals surface area contributed by atoms with Gasteiger partial charge in [-0.1, -0.05) is 24.3 Å². The summed E-state index contributed by atoms with van der Waals surface area (Å²) in [7, 11) is 0. The molecule has 1 aliphatic rings. The highest BCUT2D eigenvalue weighted by Gasteiger charge is 2.21. The second-order valence-corrected chi connectivity index (χ2v) is 4.40. The fourth-order valence-electron chi connectivity index (χ4n) is 1.84. The molecule has 1 saturated heterocycles. The average Bonchev–Trinajstić information content (AvgIpc) is 2.98. The summed E-state index contributed by atoms with van der Waals surface area (Å²) in [6, 6.07) is 0. The zero-order chi connectivity index (χ0) is 11.1. The lowest BCUT2D eigenvalue weighted by Crippen LogP contribution is -2.14. The van der Waals surface area contributed by atoms with Crippen molar-refractivity contribution < 1.29 is 5.11 Å². The van der Waals surface area contributed by atoms with Crippen molar-refractivity contribution in [3.05, 3.63) is 24.3 Å². The van der Waals surface area contributed by atoms with Crippen molar-refractivity contribution in [1.82, 2.24) is 4.90 Å². The molecule has 0 spiro atoms. The molecule has 0 bridgehead atoms. The average molecular weight is 209 g/mol. The van der Waals surface area contributed by atoms with Gasteiger partial charge in [0.15, 0.2) is 0 Å². The zero-order valence-corrected chi connectivity index (χ0v) is 9.78. The Balaban J connectivity index is 2.29. The van der Waals surface area contributed by atoms with Crippen LogP contribution in [0.4, 0.5) is 0 Å². The van der Waals surface area contributed by atoms with Gasteiger partial charge in [0, 0.05) is 26.2 Å². The zero-order valence-electron chi connectivity index (χ0n) is 9.78. The van der Waals surface area contributed by atoms with Gasteiger partial charge in [-0.05, 0) is 32.1 Å².